The molecule has 0 aliphatic carbocycles. The maximum absolute atomic E-state index is 13.8. The third-order valence-corrected chi connectivity index (χ3v) is 5.45. The lowest BCUT2D eigenvalue weighted by atomic mass is 10.0. The topological polar surface area (TPSA) is 108 Å². The van der Waals surface area contributed by atoms with Crippen molar-refractivity contribution in [2.24, 2.45) is 5.92 Å². The Morgan fingerprint density at radius 3 is 2.70 bits per heavy atom. The van der Waals surface area contributed by atoms with E-state index in [1.807, 2.05) is 18.2 Å². The average molecular weight is 455 g/mol. The van der Waals surface area contributed by atoms with Crippen LogP contribution in [0.25, 0.3) is 22.3 Å². The number of ether oxygens (including phenoxy) is 1. The summed E-state index contributed by atoms with van der Waals surface area (Å²) in [6, 6.07) is 10.6. The molecule has 0 bridgehead atoms. The van der Waals surface area contributed by atoms with Gasteiger partial charge in [-0.15, -0.1) is 0 Å². The molecule has 9 heteroatoms. The van der Waals surface area contributed by atoms with Crippen LogP contribution >= 0.6 is 0 Å². The number of anilines is 1. The van der Waals surface area contributed by atoms with E-state index in [-0.39, 0.29) is 35.7 Å². The molecule has 1 aliphatic rings. The molecule has 3 aromatic rings. The summed E-state index contributed by atoms with van der Waals surface area (Å²) < 4.78 is 19.3. The molecule has 2 aromatic carbocycles. The number of aliphatic hydroxyl groups excluding tert-OH is 1. The Morgan fingerprint density at radius 2 is 1.97 bits per heavy atom. The SMILES string of the molecule is CC(C)(C)OC(=O)N1CC(CO)C(Nc2nc(-c3cc(F)ccc3O)nc3ccccc23)C1. The van der Waals surface area contributed by atoms with Crippen LogP contribution in [0.4, 0.5) is 15.0 Å². The van der Waals surface area contributed by atoms with E-state index in [1.165, 1.54) is 12.1 Å². The molecule has 0 spiro atoms. The van der Waals surface area contributed by atoms with Crippen molar-refractivity contribution in [3.63, 3.8) is 0 Å². The lowest BCUT2D eigenvalue weighted by molar-refractivity contribution is 0.0283. The summed E-state index contributed by atoms with van der Waals surface area (Å²) in [4.78, 5) is 23.2. The van der Waals surface area contributed by atoms with Gasteiger partial charge in [0.15, 0.2) is 5.82 Å². The Labute approximate surface area is 191 Å². The molecule has 2 atom stereocenters. The van der Waals surface area contributed by atoms with Crippen LogP contribution in [0.1, 0.15) is 20.8 Å². The Hall–Kier alpha value is -3.46. The summed E-state index contributed by atoms with van der Waals surface area (Å²) in [5, 5.41) is 24.2. The van der Waals surface area contributed by atoms with Gasteiger partial charge in [0.1, 0.15) is 23.0 Å². The smallest absolute Gasteiger partial charge is 0.410 e. The van der Waals surface area contributed by atoms with E-state index in [1.54, 1.807) is 31.7 Å². The number of hydrogen-bond acceptors (Lipinski definition) is 7. The first-order valence-corrected chi connectivity index (χ1v) is 10.8. The number of benzene rings is 2. The van der Waals surface area contributed by atoms with Crippen molar-refractivity contribution in [3.05, 3.63) is 48.3 Å². The molecular formula is C24H27FN4O4. The molecule has 1 aromatic heterocycles. The van der Waals surface area contributed by atoms with Crippen LogP contribution in [-0.2, 0) is 4.74 Å². The minimum absolute atomic E-state index is 0.127. The number of nitrogens with zero attached hydrogens (tertiary/aromatic N) is 3. The fraction of sp³-hybridized carbons (Fsp3) is 0.375. The summed E-state index contributed by atoms with van der Waals surface area (Å²) >= 11 is 0. The molecule has 1 amide bonds. The van der Waals surface area contributed by atoms with E-state index in [4.69, 9.17) is 4.74 Å². The summed E-state index contributed by atoms with van der Waals surface area (Å²) in [5.74, 6) is -0.261. The average Bonchev–Trinajstić information content (AvgIpc) is 3.17. The molecule has 4 rings (SSSR count). The number of rotatable bonds is 4. The maximum Gasteiger partial charge on any atom is 0.410 e. The number of hydrogen-bond donors (Lipinski definition) is 3. The molecule has 1 fully saturated rings. The van der Waals surface area contributed by atoms with Crippen molar-refractivity contribution in [2.75, 3.05) is 25.0 Å². The molecule has 1 saturated heterocycles. The number of carbonyl (C=O) groups excluding carboxylic acids is 1. The molecule has 33 heavy (non-hydrogen) atoms. The number of aliphatic hydroxyl groups is 1. The van der Waals surface area contributed by atoms with E-state index in [0.29, 0.717) is 24.4 Å². The zero-order valence-electron chi connectivity index (χ0n) is 18.7. The third-order valence-electron chi connectivity index (χ3n) is 5.45. The van der Waals surface area contributed by atoms with Crippen molar-refractivity contribution in [1.82, 2.24) is 14.9 Å². The second kappa shape index (κ2) is 8.82. The van der Waals surface area contributed by atoms with Crippen molar-refractivity contribution in [3.8, 4) is 17.1 Å². The van der Waals surface area contributed by atoms with Crippen LogP contribution in [-0.4, -0.2) is 62.5 Å². The Balaban J connectivity index is 1.68. The Bertz CT molecular complexity index is 1180. The first-order chi connectivity index (χ1) is 15.6. The third kappa shape index (κ3) is 4.98. The second-order valence-corrected chi connectivity index (χ2v) is 9.15. The number of nitrogens with one attached hydrogen (secondary N) is 1. The van der Waals surface area contributed by atoms with Crippen LogP contribution in [0.5, 0.6) is 5.75 Å². The number of likely N-dealkylation sites (tertiary alicyclic amines) is 1. The number of fused-ring (bicyclic) bond motifs is 1. The maximum atomic E-state index is 13.8. The highest BCUT2D eigenvalue weighted by Gasteiger charge is 2.37. The van der Waals surface area contributed by atoms with Gasteiger partial charge in [-0.1, -0.05) is 12.1 Å². The number of aromatic nitrogens is 2. The normalized spacial score (nSPS) is 18.5. The van der Waals surface area contributed by atoms with Gasteiger partial charge >= 0.3 is 6.09 Å². The van der Waals surface area contributed by atoms with Gasteiger partial charge in [0.2, 0.25) is 0 Å². The van der Waals surface area contributed by atoms with Crippen LogP contribution in [0.3, 0.4) is 0 Å². The monoisotopic (exact) mass is 454 g/mol. The molecule has 174 valence electrons. The lowest BCUT2D eigenvalue weighted by Gasteiger charge is -2.24. The van der Waals surface area contributed by atoms with Crippen molar-refractivity contribution in [1.29, 1.82) is 0 Å². The van der Waals surface area contributed by atoms with E-state index < -0.39 is 17.5 Å². The molecule has 8 nitrogen and oxygen atoms in total. The molecule has 2 unspecified atom stereocenters. The van der Waals surface area contributed by atoms with E-state index >= 15 is 0 Å². The van der Waals surface area contributed by atoms with Gasteiger partial charge in [-0.3, -0.25) is 0 Å². The Kier molecular flexibility index (Phi) is 6.07. The van der Waals surface area contributed by atoms with Gasteiger partial charge in [0.05, 0.1) is 17.1 Å². The number of phenols is 1. The van der Waals surface area contributed by atoms with E-state index in [0.717, 1.165) is 11.5 Å². The molecule has 3 N–H and O–H groups in total. The van der Waals surface area contributed by atoms with Gasteiger partial charge in [0.25, 0.3) is 0 Å². The number of aromatic hydroxyl groups is 1. The molecule has 2 heterocycles. The molecular weight excluding hydrogens is 427 g/mol. The summed E-state index contributed by atoms with van der Waals surface area (Å²) in [7, 11) is 0. The highest BCUT2D eigenvalue weighted by Crippen LogP contribution is 2.32. The predicted octanol–water partition coefficient (Wildman–Crippen LogP) is 3.78. The number of carbonyl (C=O) groups is 1. The highest BCUT2D eigenvalue weighted by atomic mass is 19.1. The van der Waals surface area contributed by atoms with Gasteiger partial charge < -0.3 is 25.2 Å². The Morgan fingerprint density at radius 1 is 1.21 bits per heavy atom. The van der Waals surface area contributed by atoms with Crippen LogP contribution in [0.15, 0.2) is 42.5 Å². The van der Waals surface area contributed by atoms with Gasteiger partial charge in [-0.25, -0.2) is 19.2 Å². The minimum Gasteiger partial charge on any atom is -0.507 e. The minimum atomic E-state index is -0.623. The van der Waals surface area contributed by atoms with Crippen LogP contribution < -0.4 is 5.32 Å². The molecule has 0 saturated carbocycles. The summed E-state index contributed by atoms with van der Waals surface area (Å²) in [5.41, 5.74) is 0.155. The van der Waals surface area contributed by atoms with Crippen molar-refractivity contribution < 1.29 is 24.1 Å². The first kappa shape index (κ1) is 22.7. The van der Waals surface area contributed by atoms with Crippen molar-refractivity contribution in [2.45, 2.75) is 32.4 Å². The molecule has 0 radical (unpaired) electrons. The fourth-order valence-corrected chi connectivity index (χ4v) is 3.87. The fourth-order valence-electron chi connectivity index (χ4n) is 3.87. The van der Waals surface area contributed by atoms with E-state index in [9.17, 15) is 19.4 Å². The highest BCUT2D eigenvalue weighted by molar-refractivity contribution is 5.91. The predicted molar refractivity (Wildman–Crippen MR) is 122 cm³/mol. The zero-order chi connectivity index (χ0) is 23.8. The number of amides is 1. The number of halogens is 1. The van der Waals surface area contributed by atoms with Crippen LogP contribution in [0.2, 0.25) is 0 Å². The largest absolute Gasteiger partial charge is 0.507 e. The summed E-state index contributed by atoms with van der Waals surface area (Å²) in [6.07, 6.45) is -0.442. The van der Waals surface area contributed by atoms with Crippen molar-refractivity contribution >= 4 is 22.8 Å². The first-order valence-electron chi connectivity index (χ1n) is 10.8. The van der Waals surface area contributed by atoms with Gasteiger partial charge in [0, 0.05) is 31.0 Å². The quantitative estimate of drug-likeness (QED) is 0.551. The van der Waals surface area contributed by atoms with Gasteiger partial charge in [-0.2, -0.15) is 0 Å². The lowest BCUT2D eigenvalue weighted by Crippen LogP contribution is -2.36. The number of phenolic OH excluding ortho intramolecular Hbond substituents is 1. The second-order valence-electron chi connectivity index (χ2n) is 9.15. The summed E-state index contributed by atoms with van der Waals surface area (Å²) in [6.45, 7) is 5.93. The zero-order valence-corrected chi connectivity index (χ0v) is 18.7. The van der Waals surface area contributed by atoms with E-state index in [2.05, 4.69) is 15.3 Å². The van der Waals surface area contributed by atoms with Gasteiger partial charge in [-0.05, 0) is 51.1 Å². The molecule has 1 aliphatic heterocycles. The van der Waals surface area contributed by atoms with Crippen LogP contribution in [0, 0.1) is 11.7 Å². The standard InChI is InChI=1S/C24H27FN4O4/c1-24(2,3)33-23(32)29-11-14(13-30)19(12-29)27-21-16-6-4-5-7-18(16)26-22(28-21)17-10-15(25)8-9-20(17)31/h4-10,14,19,30-31H,11-13H2,1-3H3,(H,26,27,28). The number of para-hydroxylation sites is 1.